The van der Waals surface area contributed by atoms with Crippen molar-refractivity contribution in [3.8, 4) is 0 Å². The standard InChI is InChI=1S/C10H14N2O2S.2ClH/c13-10(14)8-6-12-9(15-8)5-7-1-3-11-4-2-7;;/h6-7,11H,1-5H2,(H,13,14);2*1H. The molecule has 1 saturated heterocycles. The van der Waals surface area contributed by atoms with Gasteiger partial charge in [-0.25, -0.2) is 9.78 Å². The van der Waals surface area contributed by atoms with Crippen molar-refractivity contribution < 1.29 is 9.90 Å². The van der Waals surface area contributed by atoms with Crippen molar-refractivity contribution in [3.63, 3.8) is 0 Å². The Labute approximate surface area is 117 Å². The van der Waals surface area contributed by atoms with Crippen LogP contribution in [0.3, 0.4) is 0 Å². The van der Waals surface area contributed by atoms with Crippen molar-refractivity contribution >= 4 is 42.1 Å². The molecule has 1 aliphatic heterocycles. The van der Waals surface area contributed by atoms with Gasteiger partial charge in [0.1, 0.15) is 4.88 Å². The highest BCUT2D eigenvalue weighted by molar-refractivity contribution is 7.13. The number of nitrogens with one attached hydrogen (secondary N) is 1. The summed E-state index contributed by atoms with van der Waals surface area (Å²) in [7, 11) is 0. The van der Waals surface area contributed by atoms with Crippen molar-refractivity contribution in [1.82, 2.24) is 10.3 Å². The topological polar surface area (TPSA) is 62.2 Å². The molecule has 0 bridgehead atoms. The van der Waals surface area contributed by atoms with Crippen LogP contribution in [0.2, 0.25) is 0 Å². The number of hydrogen-bond donors (Lipinski definition) is 2. The molecule has 1 aromatic heterocycles. The summed E-state index contributed by atoms with van der Waals surface area (Å²) >= 11 is 1.30. The molecule has 0 amide bonds. The smallest absolute Gasteiger partial charge is 0.347 e. The van der Waals surface area contributed by atoms with Crippen LogP contribution in [0.25, 0.3) is 0 Å². The third kappa shape index (κ3) is 4.79. The lowest BCUT2D eigenvalue weighted by Gasteiger charge is -2.21. The number of rotatable bonds is 3. The van der Waals surface area contributed by atoms with Crippen LogP contribution in [0.1, 0.15) is 27.5 Å². The molecule has 0 radical (unpaired) electrons. The molecule has 4 nitrogen and oxygen atoms in total. The third-order valence-electron chi connectivity index (χ3n) is 2.69. The van der Waals surface area contributed by atoms with Gasteiger partial charge in [-0.3, -0.25) is 0 Å². The van der Waals surface area contributed by atoms with Gasteiger partial charge in [-0.05, 0) is 31.8 Å². The number of thiazole rings is 1. The summed E-state index contributed by atoms with van der Waals surface area (Å²) < 4.78 is 0. The van der Waals surface area contributed by atoms with Gasteiger partial charge >= 0.3 is 5.97 Å². The second-order valence-electron chi connectivity index (χ2n) is 3.82. The molecule has 2 rings (SSSR count). The van der Waals surface area contributed by atoms with E-state index >= 15 is 0 Å². The summed E-state index contributed by atoms with van der Waals surface area (Å²) in [5, 5.41) is 13.0. The number of aromatic nitrogens is 1. The number of carbonyl (C=O) groups is 1. The fraction of sp³-hybridized carbons (Fsp3) is 0.600. The summed E-state index contributed by atoms with van der Waals surface area (Å²) in [6, 6.07) is 0. The first-order valence-corrected chi connectivity index (χ1v) is 5.96. The van der Waals surface area contributed by atoms with Gasteiger partial charge in [-0.1, -0.05) is 0 Å². The van der Waals surface area contributed by atoms with E-state index in [-0.39, 0.29) is 24.8 Å². The predicted octanol–water partition coefficient (Wildman–Crippen LogP) is 2.23. The molecule has 17 heavy (non-hydrogen) atoms. The normalized spacial score (nSPS) is 15.8. The zero-order valence-electron chi connectivity index (χ0n) is 9.22. The zero-order chi connectivity index (χ0) is 10.7. The third-order valence-corrected chi connectivity index (χ3v) is 3.69. The van der Waals surface area contributed by atoms with E-state index < -0.39 is 5.97 Å². The molecule has 0 unspecified atom stereocenters. The van der Waals surface area contributed by atoms with Gasteiger partial charge in [-0.15, -0.1) is 36.2 Å². The first-order valence-electron chi connectivity index (χ1n) is 5.14. The van der Waals surface area contributed by atoms with Crippen LogP contribution in [-0.2, 0) is 6.42 Å². The highest BCUT2D eigenvalue weighted by Gasteiger charge is 2.16. The lowest BCUT2D eigenvalue weighted by Crippen LogP contribution is -2.28. The van der Waals surface area contributed by atoms with Crippen LogP contribution in [0.15, 0.2) is 6.20 Å². The molecule has 1 aliphatic rings. The quantitative estimate of drug-likeness (QED) is 0.898. The Bertz CT molecular complexity index is 354. The van der Waals surface area contributed by atoms with Crippen LogP contribution in [0.4, 0.5) is 0 Å². The van der Waals surface area contributed by atoms with E-state index in [0.29, 0.717) is 10.8 Å². The van der Waals surface area contributed by atoms with Crippen molar-refractivity contribution in [2.45, 2.75) is 19.3 Å². The second-order valence-corrected chi connectivity index (χ2v) is 4.94. The van der Waals surface area contributed by atoms with Crippen molar-refractivity contribution in [2.24, 2.45) is 5.92 Å². The fourth-order valence-electron chi connectivity index (χ4n) is 1.84. The van der Waals surface area contributed by atoms with E-state index in [4.69, 9.17) is 5.11 Å². The Morgan fingerprint density at radius 1 is 1.47 bits per heavy atom. The van der Waals surface area contributed by atoms with Crippen LogP contribution in [0, 0.1) is 5.92 Å². The van der Waals surface area contributed by atoms with Gasteiger partial charge < -0.3 is 10.4 Å². The van der Waals surface area contributed by atoms with Gasteiger partial charge in [-0.2, -0.15) is 0 Å². The maximum atomic E-state index is 10.7. The van der Waals surface area contributed by atoms with Crippen LogP contribution < -0.4 is 5.32 Å². The molecule has 2 heterocycles. The second kappa shape index (κ2) is 7.87. The van der Waals surface area contributed by atoms with Crippen LogP contribution in [-0.4, -0.2) is 29.1 Å². The van der Waals surface area contributed by atoms with Gasteiger partial charge in [0.05, 0.1) is 11.2 Å². The van der Waals surface area contributed by atoms with Gasteiger partial charge in [0.15, 0.2) is 0 Å². The van der Waals surface area contributed by atoms with Gasteiger partial charge in [0.25, 0.3) is 0 Å². The first-order chi connectivity index (χ1) is 7.25. The molecule has 1 fully saturated rings. The van der Waals surface area contributed by atoms with Gasteiger partial charge in [0, 0.05) is 6.42 Å². The molecular formula is C10H16Cl2N2O2S. The highest BCUT2D eigenvalue weighted by Crippen LogP contribution is 2.21. The summed E-state index contributed by atoms with van der Waals surface area (Å²) in [5.74, 6) is -0.205. The Morgan fingerprint density at radius 2 is 2.12 bits per heavy atom. The van der Waals surface area contributed by atoms with E-state index in [1.165, 1.54) is 30.4 Å². The van der Waals surface area contributed by atoms with Crippen molar-refractivity contribution in [2.75, 3.05) is 13.1 Å². The van der Waals surface area contributed by atoms with E-state index in [1.54, 1.807) is 0 Å². The minimum atomic E-state index is -0.871. The number of carboxylic acid groups (broad SMARTS) is 1. The van der Waals surface area contributed by atoms with Crippen LogP contribution in [0.5, 0.6) is 0 Å². The average Bonchev–Trinajstić information content (AvgIpc) is 2.68. The molecule has 1 aromatic rings. The number of aromatic carboxylic acids is 1. The number of piperidine rings is 1. The zero-order valence-corrected chi connectivity index (χ0v) is 11.7. The molecular weight excluding hydrogens is 283 g/mol. The number of hydrogen-bond acceptors (Lipinski definition) is 4. The molecule has 2 N–H and O–H groups in total. The molecule has 7 heteroatoms. The van der Waals surface area contributed by atoms with Gasteiger partial charge in [0.2, 0.25) is 0 Å². The van der Waals surface area contributed by atoms with Crippen LogP contribution >= 0.6 is 36.2 Å². The average molecular weight is 299 g/mol. The summed E-state index contributed by atoms with van der Waals surface area (Å²) in [6.45, 7) is 2.14. The van der Waals surface area contributed by atoms with E-state index in [1.807, 2.05) is 0 Å². The highest BCUT2D eigenvalue weighted by atomic mass is 35.5. The molecule has 0 aliphatic carbocycles. The molecule has 0 saturated carbocycles. The van der Waals surface area contributed by atoms with E-state index in [9.17, 15) is 4.79 Å². The maximum Gasteiger partial charge on any atom is 0.347 e. The summed E-state index contributed by atoms with van der Waals surface area (Å²) in [5.41, 5.74) is 0. The lowest BCUT2D eigenvalue weighted by atomic mass is 9.95. The summed E-state index contributed by atoms with van der Waals surface area (Å²) in [6.07, 6.45) is 4.73. The number of nitrogens with zero attached hydrogens (tertiary/aromatic N) is 1. The minimum absolute atomic E-state index is 0. The number of halogens is 2. The van der Waals surface area contributed by atoms with E-state index in [0.717, 1.165) is 24.5 Å². The van der Waals surface area contributed by atoms with E-state index in [2.05, 4.69) is 10.3 Å². The first kappa shape index (κ1) is 16.6. The monoisotopic (exact) mass is 298 g/mol. The largest absolute Gasteiger partial charge is 0.477 e. The Kier molecular flexibility index (Phi) is 7.70. The molecule has 98 valence electrons. The maximum absolute atomic E-state index is 10.7. The number of carboxylic acids is 1. The molecule has 0 aromatic carbocycles. The Hall–Kier alpha value is -0.360. The predicted molar refractivity (Wildman–Crippen MR) is 72.9 cm³/mol. The fourth-order valence-corrected chi connectivity index (χ4v) is 2.71. The molecule has 0 spiro atoms. The Morgan fingerprint density at radius 3 is 2.65 bits per heavy atom. The van der Waals surface area contributed by atoms with Crippen molar-refractivity contribution in [1.29, 1.82) is 0 Å². The molecule has 0 atom stereocenters. The SMILES string of the molecule is Cl.Cl.O=C(O)c1cnc(CC2CCNCC2)s1. The summed E-state index contributed by atoms with van der Waals surface area (Å²) in [4.78, 5) is 15.2. The Balaban J connectivity index is 0.00000128. The minimum Gasteiger partial charge on any atom is -0.477 e. The lowest BCUT2D eigenvalue weighted by molar-refractivity contribution is 0.0702. The van der Waals surface area contributed by atoms with Crippen molar-refractivity contribution in [3.05, 3.63) is 16.1 Å².